The molecule has 0 saturated heterocycles. The van der Waals surface area contributed by atoms with Gasteiger partial charge in [-0.1, -0.05) is 0 Å². The quantitative estimate of drug-likeness (QED) is 0.489. The van der Waals surface area contributed by atoms with Gasteiger partial charge in [0, 0.05) is 14.8 Å². The summed E-state index contributed by atoms with van der Waals surface area (Å²) in [6.45, 7) is 1.09. The van der Waals surface area contributed by atoms with Gasteiger partial charge in [0.2, 0.25) is 0 Å². The van der Waals surface area contributed by atoms with Gasteiger partial charge in [-0.05, 0) is 41.6 Å². The van der Waals surface area contributed by atoms with Crippen LogP contribution >= 0.6 is 22.6 Å². The highest BCUT2D eigenvalue weighted by Crippen LogP contribution is 2.35. The number of halogens is 4. The van der Waals surface area contributed by atoms with Crippen molar-refractivity contribution in [1.29, 1.82) is 0 Å². The number of benzene rings is 1. The number of nitrogens with two attached hydrogens (primary N) is 1. The molecule has 1 aromatic carbocycles. The summed E-state index contributed by atoms with van der Waals surface area (Å²) in [5, 5.41) is 0. The smallest absolute Gasteiger partial charge is 0.398 e. The normalized spacial score (nSPS) is 11.5. The third-order valence-corrected chi connectivity index (χ3v) is 2.99. The Bertz CT molecular complexity index is 415. The largest absolute Gasteiger partial charge is 0.417 e. The van der Waals surface area contributed by atoms with Crippen LogP contribution < -0.4 is 5.73 Å². The van der Waals surface area contributed by atoms with Crippen molar-refractivity contribution in [3.8, 4) is 0 Å². The fourth-order valence-electron chi connectivity index (χ4n) is 1.17. The summed E-state index contributed by atoms with van der Waals surface area (Å²) in [7, 11) is 0. The zero-order valence-electron chi connectivity index (χ0n) is 7.65. The van der Waals surface area contributed by atoms with Crippen molar-refractivity contribution in [2.45, 2.75) is 13.1 Å². The van der Waals surface area contributed by atoms with Crippen LogP contribution in [0.3, 0.4) is 0 Å². The summed E-state index contributed by atoms with van der Waals surface area (Å²) in [6.07, 6.45) is -4.53. The first-order valence-corrected chi connectivity index (χ1v) is 4.99. The Balaban J connectivity index is 3.55. The van der Waals surface area contributed by atoms with Crippen molar-refractivity contribution in [3.63, 3.8) is 0 Å². The average Bonchev–Trinajstić information content (AvgIpc) is 2.06. The van der Waals surface area contributed by atoms with E-state index in [1.807, 2.05) is 0 Å². The Morgan fingerprint density at radius 2 is 1.93 bits per heavy atom. The van der Waals surface area contributed by atoms with Crippen LogP contribution in [0.15, 0.2) is 12.1 Å². The maximum absolute atomic E-state index is 12.5. The molecule has 82 valence electrons. The molecule has 2 nitrogen and oxygen atoms in total. The molecule has 1 aromatic rings. The second-order valence-corrected chi connectivity index (χ2v) is 4.02. The summed E-state index contributed by atoms with van der Waals surface area (Å²) < 4.78 is 37.7. The third-order valence-electron chi connectivity index (χ3n) is 1.83. The highest BCUT2D eigenvalue weighted by atomic mass is 127. The zero-order valence-corrected chi connectivity index (χ0v) is 9.81. The highest BCUT2D eigenvalue weighted by Gasteiger charge is 2.35. The van der Waals surface area contributed by atoms with Crippen molar-refractivity contribution in [1.82, 2.24) is 0 Å². The van der Waals surface area contributed by atoms with E-state index < -0.39 is 17.5 Å². The lowest BCUT2D eigenvalue weighted by Crippen LogP contribution is -2.14. The summed E-state index contributed by atoms with van der Waals surface area (Å²) in [6, 6.07) is 1.98. The monoisotopic (exact) mass is 329 g/mol. The maximum atomic E-state index is 12.5. The number of Topliss-reactive ketones (excluding diaryl/α,β-unsaturated/α-hetero) is 1. The number of nitrogen functional groups attached to an aromatic ring is 1. The average molecular weight is 329 g/mol. The molecular formula is C9H7F3INO. The van der Waals surface area contributed by atoms with Gasteiger partial charge in [-0.15, -0.1) is 0 Å². The lowest BCUT2D eigenvalue weighted by Gasteiger charge is -2.13. The Hall–Kier alpha value is -0.790. The molecule has 0 aliphatic rings. The number of hydrogen-bond donors (Lipinski definition) is 1. The Kier molecular flexibility index (Phi) is 3.27. The molecule has 0 aliphatic carbocycles. The van der Waals surface area contributed by atoms with Gasteiger partial charge in [0.1, 0.15) is 0 Å². The second kappa shape index (κ2) is 3.99. The molecule has 0 heterocycles. The van der Waals surface area contributed by atoms with E-state index in [0.29, 0.717) is 0 Å². The zero-order chi connectivity index (χ0) is 11.8. The van der Waals surface area contributed by atoms with Crippen LogP contribution in [0.4, 0.5) is 18.9 Å². The van der Waals surface area contributed by atoms with Crippen LogP contribution in [-0.2, 0) is 6.18 Å². The predicted octanol–water partition coefficient (Wildman–Crippen LogP) is 3.09. The van der Waals surface area contributed by atoms with E-state index >= 15 is 0 Å². The van der Waals surface area contributed by atoms with Gasteiger partial charge in [0.05, 0.1) is 5.56 Å². The third kappa shape index (κ3) is 2.42. The summed E-state index contributed by atoms with van der Waals surface area (Å²) in [5.74, 6) is -0.640. The second-order valence-electron chi connectivity index (χ2n) is 2.95. The number of ketones is 1. The fourth-order valence-corrected chi connectivity index (χ4v) is 2.02. The van der Waals surface area contributed by atoms with Gasteiger partial charge in [-0.25, -0.2) is 0 Å². The number of carbonyl (C=O) groups excluding carboxylic acids is 1. The summed E-state index contributed by atoms with van der Waals surface area (Å²) in [4.78, 5) is 11.1. The molecule has 0 aromatic heterocycles. The number of anilines is 1. The van der Waals surface area contributed by atoms with E-state index in [1.54, 1.807) is 22.6 Å². The summed E-state index contributed by atoms with van der Waals surface area (Å²) in [5.41, 5.74) is 4.32. The number of carbonyl (C=O) groups is 1. The summed E-state index contributed by atoms with van der Waals surface area (Å²) >= 11 is 1.64. The molecule has 0 saturated carbocycles. The van der Waals surface area contributed by atoms with E-state index in [-0.39, 0.29) is 14.8 Å². The molecule has 2 N–H and O–H groups in total. The van der Waals surface area contributed by atoms with Crippen LogP contribution in [0.5, 0.6) is 0 Å². The van der Waals surface area contributed by atoms with E-state index in [0.717, 1.165) is 19.1 Å². The van der Waals surface area contributed by atoms with Crippen LogP contribution in [0, 0.1) is 3.57 Å². The Labute approximate surface area is 97.8 Å². The first-order chi connectivity index (χ1) is 6.75. The molecule has 0 bridgehead atoms. The minimum Gasteiger partial charge on any atom is -0.398 e. The predicted molar refractivity (Wildman–Crippen MR) is 58.6 cm³/mol. The van der Waals surface area contributed by atoms with Crippen LogP contribution in [-0.4, -0.2) is 5.78 Å². The van der Waals surface area contributed by atoms with Crippen LogP contribution in [0.1, 0.15) is 22.8 Å². The topological polar surface area (TPSA) is 43.1 Å². The van der Waals surface area contributed by atoms with E-state index in [4.69, 9.17) is 5.73 Å². The molecular weight excluding hydrogens is 322 g/mol. The SMILES string of the molecule is CC(=O)c1c(C(F)(F)F)ccc(N)c1I. The van der Waals surface area contributed by atoms with Crippen molar-refractivity contribution < 1.29 is 18.0 Å². The standard InChI is InChI=1S/C9H7F3INO/c1-4(15)7-5(9(10,11)12)2-3-6(14)8(7)13/h2-3H,14H2,1H3. The van der Waals surface area contributed by atoms with E-state index in [2.05, 4.69) is 0 Å². The lowest BCUT2D eigenvalue weighted by atomic mass is 10.0. The Morgan fingerprint density at radius 1 is 1.40 bits per heavy atom. The number of rotatable bonds is 1. The van der Waals surface area contributed by atoms with Gasteiger partial charge in [0.25, 0.3) is 0 Å². The first kappa shape index (κ1) is 12.3. The molecule has 15 heavy (non-hydrogen) atoms. The van der Waals surface area contributed by atoms with Gasteiger partial charge in [-0.3, -0.25) is 4.79 Å². The lowest BCUT2D eigenvalue weighted by molar-refractivity contribution is -0.137. The van der Waals surface area contributed by atoms with Crippen molar-refractivity contribution in [2.24, 2.45) is 0 Å². The van der Waals surface area contributed by atoms with Crippen molar-refractivity contribution >= 4 is 34.1 Å². The molecule has 0 aliphatic heterocycles. The van der Waals surface area contributed by atoms with Gasteiger partial charge in [-0.2, -0.15) is 13.2 Å². The molecule has 1 rings (SSSR count). The molecule has 0 spiro atoms. The minimum absolute atomic E-state index is 0.148. The van der Waals surface area contributed by atoms with Crippen LogP contribution in [0.2, 0.25) is 0 Å². The van der Waals surface area contributed by atoms with E-state index in [9.17, 15) is 18.0 Å². The number of alkyl halides is 3. The maximum Gasteiger partial charge on any atom is 0.417 e. The van der Waals surface area contributed by atoms with Crippen LogP contribution in [0.25, 0.3) is 0 Å². The molecule has 0 atom stereocenters. The van der Waals surface area contributed by atoms with Gasteiger partial charge >= 0.3 is 6.18 Å². The highest BCUT2D eigenvalue weighted by molar-refractivity contribution is 14.1. The van der Waals surface area contributed by atoms with Gasteiger partial charge in [0.15, 0.2) is 5.78 Å². The van der Waals surface area contributed by atoms with Crippen molar-refractivity contribution in [2.75, 3.05) is 5.73 Å². The number of hydrogen-bond acceptors (Lipinski definition) is 2. The van der Waals surface area contributed by atoms with E-state index in [1.165, 1.54) is 0 Å². The fraction of sp³-hybridized carbons (Fsp3) is 0.222. The Morgan fingerprint density at radius 3 is 2.33 bits per heavy atom. The molecule has 0 radical (unpaired) electrons. The first-order valence-electron chi connectivity index (χ1n) is 3.91. The molecule has 0 fully saturated rings. The van der Waals surface area contributed by atoms with Crippen molar-refractivity contribution in [3.05, 3.63) is 26.8 Å². The minimum atomic E-state index is -4.53. The molecule has 0 unspecified atom stereocenters. The molecule has 6 heteroatoms. The van der Waals surface area contributed by atoms with Gasteiger partial charge < -0.3 is 5.73 Å². The molecule has 0 amide bonds.